The van der Waals surface area contributed by atoms with Gasteiger partial charge in [0.1, 0.15) is 5.92 Å². The maximum Gasteiger partial charge on any atom is 0.328 e. The fourth-order valence-electron chi connectivity index (χ4n) is 1.28. The van der Waals surface area contributed by atoms with E-state index < -0.39 is 23.8 Å². The normalized spacial score (nSPS) is 19.4. The van der Waals surface area contributed by atoms with Crippen LogP contribution in [0, 0.1) is 11.8 Å². The minimum absolute atomic E-state index is 0. The zero-order chi connectivity index (χ0) is 10.0. The number of rotatable bonds is 2. The Labute approximate surface area is 125 Å². The number of nitrogens with one attached hydrogen (secondary N) is 2. The van der Waals surface area contributed by atoms with Crippen LogP contribution in [0.4, 0.5) is 4.79 Å². The Kier molecular flexibility index (Phi) is 6.07. The molecule has 14 heavy (non-hydrogen) atoms. The first-order valence-corrected chi connectivity index (χ1v) is 4.22. The van der Waals surface area contributed by atoms with E-state index in [-0.39, 0.29) is 57.3 Å². The van der Waals surface area contributed by atoms with Crippen LogP contribution < -0.4 is 10.6 Å². The van der Waals surface area contributed by atoms with E-state index in [1.54, 1.807) is 6.92 Å². The van der Waals surface area contributed by atoms with Gasteiger partial charge in [-0.2, -0.15) is 0 Å². The molecule has 1 saturated heterocycles. The molecule has 1 fully saturated rings. The van der Waals surface area contributed by atoms with Crippen LogP contribution in [-0.2, 0) is 9.59 Å². The first-order valence-electron chi connectivity index (χ1n) is 4.22. The Morgan fingerprint density at radius 2 is 1.64 bits per heavy atom. The Hall–Kier alpha value is 0.246. The van der Waals surface area contributed by atoms with Crippen molar-refractivity contribution in [3.8, 4) is 0 Å². The van der Waals surface area contributed by atoms with E-state index in [1.807, 2.05) is 6.92 Å². The van der Waals surface area contributed by atoms with E-state index in [0.29, 0.717) is 0 Å². The van der Waals surface area contributed by atoms with Crippen LogP contribution in [0.25, 0.3) is 0 Å². The molecule has 6 heteroatoms. The van der Waals surface area contributed by atoms with Gasteiger partial charge in [-0.15, -0.1) is 0 Å². The number of imide groups is 2. The van der Waals surface area contributed by atoms with E-state index in [9.17, 15) is 14.4 Å². The maximum atomic E-state index is 11.2. The van der Waals surface area contributed by atoms with Gasteiger partial charge in [0.2, 0.25) is 11.8 Å². The summed E-state index contributed by atoms with van der Waals surface area (Å²) in [5.41, 5.74) is 0. The molecule has 1 heterocycles. The minimum Gasteiger partial charge on any atom is -0.277 e. The second-order valence-electron chi connectivity index (χ2n) is 3.17. The Balaban J connectivity index is 0.00000169. The second-order valence-corrected chi connectivity index (χ2v) is 3.17. The van der Waals surface area contributed by atoms with Crippen LogP contribution >= 0.6 is 0 Å². The summed E-state index contributed by atoms with van der Waals surface area (Å²) < 4.78 is 0. The van der Waals surface area contributed by atoms with Crippen molar-refractivity contribution in [3.63, 3.8) is 0 Å². The molecule has 1 radical (unpaired) electrons. The smallest absolute Gasteiger partial charge is 0.277 e. The number of barbiturate groups is 1. The quantitative estimate of drug-likeness (QED) is 0.495. The molecule has 0 aromatic carbocycles. The number of hydrogen-bond acceptors (Lipinski definition) is 3. The van der Waals surface area contributed by atoms with Crippen molar-refractivity contribution in [3.05, 3.63) is 0 Å². The van der Waals surface area contributed by atoms with Crippen LogP contribution in [-0.4, -0.2) is 69.2 Å². The molecule has 4 amide bonds. The summed E-state index contributed by atoms with van der Waals surface area (Å²) in [5, 5.41) is 4.13. The van der Waals surface area contributed by atoms with E-state index >= 15 is 0 Å². The van der Waals surface area contributed by atoms with Gasteiger partial charge in [0, 0.05) is 51.4 Å². The summed E-state index contributed by atoms with van der Waals surface area (Å²) in [5.74, 6) is -1.78. The standard InChI is InChI=1S/C8H12N2O3.K/c1-3-4(2)5-6(11)9-8(13)10-7(5)12;/h4-5H,3H2,1-2H3,(H2,9,10,11,12,13);. The molecule has 1 rings (SSSR count). The van der Waals surface area contributed by atoms with Gasteiger partial charge in [-0.25, -0.2) is 4.79 Å². The molecule has 1 aliphatic heterocycles. The zero-order valence-corrected chi connectivity index (χ0v) is 11.7. The fraction of sp³-hybridized carbons (Fsp3) is 0.625. The van der Waals surface area contributed by atoms with E-state index in [0.717, 1.165) is 6.42 Å². The molecule has 0 aliphatic carbocycles. The van der Waals surface area contributed by atoms with Crippen molar-refractivity contribution < 1.29 is 14.4 Å². The van der Waals surface area contributed by atoms with Gasteiger partial charge in [-0.05, 0) is 5.92 Å². The van der Waals surface area contributed by atoms with Gasteiger partial charge in [0.05, 0.1) is 0 Å². The van der Waals surface area contributed by atoms with Crippen molar-refractivity contribution in [1.82, 2.24) is 10.6 Å². The van der Waals surface area contributed by atoms with E-state index in [2.05, 4.69) is 10.6 Å². The zero-order valence-electron chi connectivity index (χ0n) is 8.59. The average Bonchev–Trinajstić information content (AvgIpc) is 2.02. The summed E-state index contributed by atoms with van der Waals surface area (Å²) in [7, 11) is 0. The third-order valence-electron chi connectivity index (χ3n) is 2.25. The van der Waals surface area contributed by atoms with Crippen LogP contribution in [0.5, 0.6) is 0 Å². The second kappa shape index (κ2) is 5.97. The molecule has 0 bridgehead atoms. The molecule has 0 spiro atoms. The number of amides is 4. The molecule has 0 saturated carbocycles. The molecular weight excluding hydrogens is 211 g/mol. The van der Waals surface area contributed by atoms with E-state index in [4.69, 9.17) is 0 Å². The van der Waals surface area contributed by atoms with Crippen molar-refractivity contribution in [2.45, 2.75) is 20.3 Å². The summed E-state index contributed by atoms with van der Waals surface area (Å²) >= 11 is 0. The third kappa shape index (κ3) is 3.13. The predicted octanol–water partition coefficient (Wildman–Crippen LogP) is -0.366. The summed E-state index contributed by atoms with van der Waals surface area (Å²) in [6.07, 6.45) is 0.722. The number of hydrogen-bond donors (Lipinski definition) is 2. The van der Waals surface area contributed by atoms with Crippen LogP contribution in [0.2, 0.25) is 0 Å². The monoisotopic (exact) mass is 223 g/mol. The number of carbonyl (C=O) groups is 3. The van der Waals surface area contributed by atoms with Gasteiger partial charge in [0.25, 0.3) is 0 Å². The SMILES string of the molecule is CCC(C)C1C(=O)NC(=O)NC1=O.[K]. The molecule has 1 aliphatic rings. The number of carbonyl (C=O) groups excluding carboxylic acids is 3. The topological polar surface area (TPSA) is 75.3 Å². The summed E-state index contributed by atoms with van der Waals surface area (Å²) in [4.78, 5) is 33.1. The third-order valence-corrected chi connectivity index (χ3v) is 2.25. The summed E-state index contributed by atoms with van der Waals surface area (Å²) in [6.45, 7) is 3.70. The van der Waals surface area contributed by atoms with Crippen LogP contribution in [0.15, 0.2) is 0 Å². The van der Waals surface area contributed by atoms with Gasteiger partial charge in [-0.3, -0.25) is 20.2 Å². The molecule has 0 aromatic heterocycles. The number of urea groups is 1. The van der Waals surface area contributed by atoms with Gasteiger partial charge in [-0.1, -0.05) is 20.3 Å². The molecular formula is C8H12KN2O3. The molecule has 73 valence electrons. The largest absolute Gasteiger partial charge is 0.328 e. The molecule has 1 atom stereocenters. The predicted molar refractivity (Wildman–Crippen MR) is 50.4 cm³/mol. The Bertz CT molecular complexity index is 247. The van der Waals surface area contributed by atoms with Crippen molar-refractivity contribution in [2.24, 2.45) is 11.8 Å². The van der Waals surface area contributed by atoms with Crippen molar-refractivity contribution >= 4 is 69.2 Å². The van der Waals surface area contributed by atoms with Gasteiger partial charge < -0.3 is 0 Å². The average molecular weight is 223 g/mol. The molecule has 1 unspecified atom stereocenters. The fourth-order valence-corrected chi connectivity index (χ4v) is 1.28. The molecule has 0 aromatic rings. The minimum atomic E-state index is -0.734. The van der Waals surface area contributed by atoms with Crippen LogP contribution in [0.3, 0.4) is 0 Å². The maximum absolute atomic E-state index is 11.2. The Morgan fingerprint density at radius 1 is 1.21 bits per heavy atom. The first kappa shape index (κ1) is 14.2. The van der Waals surface area contributed by atoms with Crippen molar-refractivity contribution in [2.75, 3.05) is 0 Å². The van der Waals surface area contributed by atoms with Crippen molar-refractivity contribution in [1.29, 1.82) is 0 Å². The van der Waals surface area contributed by atoms with Crippen LogP contribution in [0.1, 0.15) is 20.3 Å². The summed E-state index contributed by atoms with van der Waals surface area (Å²) in [6, 6.07) is -0.727. The first-order chi connectivity index (χ1) is 6.06. The van der Waals surface area contributed by atoms with Gasteiger partial charge in [0.15, 0.2) is 0 Å². The molecule has 5 nitrogen and oxygen atoms in total. The Morgan fingerprint density at radius 3 is 2.00 bits per heavy atom. The molecule has 2 N–H and O–H groups in total. The van der Waals surface area contributed by atoms with Gasteiger partial charge >= 0.3 is 6.03 Å². The van der Waals surface area contributed by atoms with E-state index in [1.165, 1.54) is 0 Å².